The Morgan fingerprint density at radius 1 is 1.22 bits per heavy atom. The molecule has 18 heavy (non-hydrogen) atoms. The van der Waals surface area contributed by atoms with E-state index in [0.29, 0.717) is 0 Å². The lowest BCUT2D eigenvalue weighted by atomic mass is 9.58. The number of hydrogen-bond acceptors (Lipinski definition) is 2. The Hall–Kier alpha value is -0.340. The summed E-state index contributed by atoms with van der Waals surface area (Å²) in [6.07, 6.45) is 8.86. The second-order valence-electron chi connectivity index (χ2n) is 6.86. The molecule has 0 aromatic rings. The molecule has 2 nitrogen and oxygen atoms in total. The van der Waals surface area contributed by atoms with Gasteiger partial charge in [-0.3, -0.25) is 0 Å². The molecule has 1 heterocycles. The number of fused-ring (bicyclic) bond motifs is 2. The van der Waals surface area contributed by atoms with Crippen LogP contribution in [0.4, 0.5) is 0 Å². The fourth-order valence-corrected chi connectivity index (χ4v) is 4.21. The predicted octanol–water partition coefficient (Wildman–Crippen LogP) is 4.05. The van der Waals surface area contributed by atoms with Crippen LogP contribution in [0.25, 0.3) is 0 Å². The van der Waals surface area contributed by atoms with Crippen LogP contribution >= 0.6 is 0 Å². The average molecular weight is 250 g/mol. The summed E-state index contributed by atoms with van der Waals surface area (Å²) in [6.45, 7) is 8.96. The summed E-state index contributed by atoms with van der Waals surface area (Å²) in [5.74, 6) is 0.417. The van der Waals surface area contributed by atoms with Gasteiger partial charge in [0.05, 0.1) is 12.2 Å². The highest BCUT2D eigenvalue weighted by Gasteiger charge is 2.61. The van der Waals surface area contributed by atoms with Crippen LogP contribution in [0, 0.1) is 11.3 Å². The van der Waals surface area contributed by atoms with E-state index in [4.69, 9.17) is 9.47 Å². The lowest BCUT2D eigenvalue weighted by Gasteiger charge is -2.54. The molecule has 0 unspecified atom stereocenters. The minimum atomic E-state index is -0.314. The first-order valence-corrected chi connectivity index (χ1v) is 7.48. The van der Waals surface area contributed by atoms with Gasteiger partial charge in [-0.15, -0.1) is 0 Å². The van der Waals surface area contributed by atoms with Gasteiger partial charge < -0.3 is 9.47 Å². The zero-order valence-corrected chi connectivity index (χ0v) is 12.2. The summed E-state index contributed by atoms with van der Waals surface area (Å²) in [5.41, 5.74) is 1.72. The summed E-state index contributed by atoms with van der Waals surface area (Å²) < 4.78 is 12.7. The quantitative estimate of drug-likeness (QED) is 0.604. The zero-order chi connectivity index (χ0) is 13.0. The second-order valence-corrected chi connectivity index (χ2v) is 6.86. The first-order chi connectivity index (χ1) is 8.47. The topological polar surface area (TPSA) is 18.5 Å². The van der Waals surface area contributed by atoms with Crippen molar-refractivity contribution in [2.24, 2.45) is 11.3 Å². The summed E-state index contributed by atoms with van der Waals surface area (Å²) in [6, 6.07) is 0. The molecule has 1 saturated carbocycles. The minimum Gasteiger partial charge on any atom is -0.344 e. The molecule has 1 saturated heterocycles. The van der Waals surface area contributed by atoms with Crippen molar-refractivity contribution in [2.75, 3.05) is 0 Å². The van der Waals surface area contributed by atoms with Crippen molar-refractivity contribution in [2.45, 2.75) is 77.8 Å². The van der Waals surface area contributed by atoms with Crippen molar-refractivity contribution >= 4 is 0 Å². The van der Waals surface area contributed by atoms with Crippen molar-refractivity contribution in [1.82, 2.24) is 0 Å². The number of rotatable bonds is 0. The third-order valence-electron chi connectivity index (χ3n) is 5.69. The highest BCUT2D eigenvalue weighted by atomic mass is 16.8. The number of ether oxygens (including phenoxy) is 2. The molecule has 102 valence electrons. The second kappa shape index (κ2) is 4.08. The van der Waals surface area contributed by atoms with E-state index >= 15 is 0 Å². The molecule has 0 radical (unpaired) electrons. The van der Waals surface area contributed by atoms with Crippen LogP contribution in [0.3, 0.4) is 0 Å². The molecule has 4 atom stereocenters. The largest absolute Gasteiger partial charge is 0.344 e. The number of allylic oxidation sites excluding steroid dienone is 2. The maximum absolute atomic E-state index is 6.36. The molecule has 2 aliphatic carbocycles. The van der Waals surface area contributed by atoms with Crippen molar-refractivity contribution in [3.05, 3.63) is 11.6 Å². The van der Waals surface area contributed by atoms with Gasteiger partial charge in [-0.2, -0.15) is 0 Å². The fourth-order valence-electron chi connectivity index (χ4n) is 4.21. The van der Waals surface area contributed by atoms with Crippen molar-refractivity contribution < 1.29 is 9.47 Å². The first kappa shape index (κ1) is 12.7. The van der Waals surface area contributed by atoms with E-state index in [0.717, 1.165) is 18.8 Å². The Balaban J connectivity index is 1.96. The SMILES string of the molecule is CC1=CC[C@]2(C)[C@@H](CCCC23O[C@H](C)[C@@H](C)O3)C1. The number of hydrogen-bond donors (Lipinski definition) is 0. The normalized spacial score (nSPS) is 46.9. The van der Waals surface area contributed by atoms with Crippen molar-refractivity contribution in [3.63, 3.8) is 0 Å². The lowest BCUT2D eigenvalue weighted by Crippen LogP contribution is -2.55. The molecule has 1 aliphatic heterocycles. The maximum Gasteiger partial charge on any atom is 0.175 e. The third-order valence-corrected chi connectivity index (χ3v) is 5.69. The van der Waals surface area contributed by atoms with Gasteiger partial charge in [0.25, 0.3) is 0 Å². The van der Waals surface area contributed by atoms with E-state index in [1.807, 2.05) is 0 Å². The van der Waals surface area contributed by atoms with E-state index in [-0.39, 0.29) is 23.4 Å². The fraction of sp³-hybridized carbons (Fsp3) is 0.875. The standard InChI is InChI=1S/C16H26O2/c1-11-7-9-15(4)14(10-11)6-5-8-16(15)17-12(2)13(3)18-16/h7,12-14H,5-6,8-10H2,1-4H3/t12-,13-,14+,15-/m1/s1. The van der Waals surface area contributed by atoms with Crippen LogP contribution in [0.15, 0.2) is 11.6 Å². The molecule has 0 amide bonds. The Kier molecular flexibility index (Phi) is 2.87. The van der Waals surface area contributed by atoms with Crippen LogP contribution in [-0.4, -0.2) is 18.0 Å². The van der Waals surface area contributed by atoms with Gasteiger partial charge >= 0.3 is 0 Å². The Labute approximate surface area is 111 Å². The van der Waals surface area contributed by atoms with E-state index in [2.05, 4.69) is 33.8 Å². The van der Waals surface area contributed by atoms with Gasteiger partial charge in [-0.05, 0) is 52.4 Å². The minimum absolute atomic E-state index is 0.170. The molecule has 0 aromatic heterocycles. The molecule has 2 fully saturated rings. The van der Waals surface area contributed by atoms with E-state index in [1.165, 1.54) is 19.3 Å². The Morgan fingerprint density at radius 3 is 2.56 bits per heavy atom. The van der Waals surface area contributed by atoms with Gasteiger partial charge in [0, 0.05) is 11.8 Å². The van der Waals surface area contributed by atoms with E-state index in [1.54, 1.807) is 5.57 Å². The van der Waals surface area contributed by atoms with Crippen LogP contribution in [0.1, 0.15) is 59.8 Å². The van der Waals surface area contributed by atoms with Gasteiger partial charge in [0.15, 0.2) is 5.79 Å². The van der Waals surface area contributed by atoms with Gasteiger partial charge in [-0.25, -0.2) is 0 Å². The van der Waals surface area contributed by atoms with Crippen LogP contribution < -0.4 is 0 Å². The van der Waals surface area contributed by atoms with Gasteiger partial charge in [0.1, 0.15) is 0 Å². The molecular weight excluding hydrogens is 224 g/mol. The summed E-state index contributed by atoms with van der Waals surface area (Å²) in [5, 5.41) is 0. The molecule has 1 spiro atoms. The monoisotopic (exact) mass is 250 g/mol. The van der Waals surface area contributed by atoms with Crippen LogP contribution in [0.2, 0.25) is 0 Å². The molecule has 0 N–H and O–H groups in total. The Morgan fingerprint density at radius 2 is 1.89 bits per heavy atom. The van der Waals surface area contributed by atoms with E-state index < -0.39 is 0 Å². The molecule has 2 heteroatoms. The zero-order valence-electron chi connectivity index (χ0n) is 12.2. The highest BCUT2D eigenvalue weighted by Crippen LogP contribution is 2.59. The lowest BCUT2D eigenvalue weighted by molar-refractivity contribution is -0.279. The van der Waals surface area contributed by atoms with Gasteiger partial charge in [0.2, 0.25) is 0 Å². The Bertz CT molecular complexity index is 363. The average Bonchev–Trinajstić information content (AvgIpc) is 2.60. The van der Waals surface area contributed by atoms with Crippen LogP contribution in [0.5, 0.6) is 0 Å². The molecule has 0 aromatic carbocycles. The first-order valence-electron chi connectivity index (χ1n) is 7.48. The molecule has 0 bridgehead atoms. The molecule has 3 aliphatic rings. The summed E-state index contributed by atoms with van der Waals surface area (Å²) >= 11 is 0. The smallest absolute Gasteiger partial charge is 0.175 e. The van der Waals surface area contributed by atoms with Crippen molar-refractivity contribution in [3.8, 4) is 0 Å². The molecule has 3 rings (SSSR count). The van der Waals surface area contributed by atoms with Crippen molar-refractivity contribution in [1.29, 1.82) is 0 Å². The maximum atomic E-state index is 6.36. The van der Waals surface area contributed by atoms with E-state index in [9.17, 15) is 0 Å². The molecular formula is C16H26O2. The summed E-state index contributed by atoms with van der Waals surface area (Å²) in [4.78, 5) is 0. The third kappa shape index (κ3) is 1.61. The summed E-state index contributed by atoms with van der Waals surface area (Å²) in [7, 11) is 0. The highest BCUT2D eigenvalue weighted by molar-refractivity contribution is 5.15. The predicted molar refractivity (Wildman–Crippen MR) is 72.3 cm³/mol. The van der Waals surface area contributed by atoms with Gasteiger partial charge in [-0.1, -0.05) is 18.6 Å². The van der Waals surface area contributed by atoms with Crippen LogP contribution in [-0.2, 0) is 9.47 Å².